The van der Waals surface area contributed by atoms with Crippen LogP contribution in [0.1, 0.15) is 21.5 Å². The van der Waals surface area contributed by atoms with Crippen LogP contribution < -0.4 is 10.5 Å². The van der Waals surface area contributed by atoms with E-state index in [0.29, 0.717) is 17.9 Å². The Kier molecular flexibility index (Phi) is 4.22. The van der Waals surface area contributed by atoms with Crippen molar-refractivity contribution in [3.8, 4) is 5.75 Å². The van der Waals surface area contributed by atoms with E-state index in [-0.39, 0.29) is 0 Å². The summed E-state index contributed by atoms with van der Waals surface area (Å²) in [6, 6.07) is 13.2. The summed E-state index contributed by atoms with van der Waals surface area (Å²) >= 11 is 3.31. The van der Waals surface area contributed by atoms with Crippen LogP contribution in [0.3, 0.4) is 0 Å². The number of ether oxygens (including phenoxy) is 1. The topological polar surface area (TPSA) is 52.3 Å². The Morgan fingerprint density at radius 3 is 2.68 bits per heavy atom. The molecule has 3 nitrogen and oxygen atoms in total. The van der Waals surface area contributed by atoms with Crippen molar-refractivity contribution in [3.05, 3.63) is 63.6 Å². The molecule has 0 bridgehead atoms. The van der Waals surface area contributed by atoms with Gasteiger partial charge in [-0.05, 0) is 36.2 Å². The van der Waals surface area contributed by atoms with Gasteiger partial charge in [-0.2, -0.15) is 0 Å². The first kappa shape index (κ1) is 13.6. The van der Waals surface area contributed by atoms with Crippen LogP contribution in [0.5, 0.6) is 5.75 Å². The SMILES string of the molecule is Cc1ccccc1COc1ccc(Br)cc1C(N)=O. The molecule has 0 aromatic heterocycles. The monoisotopic (exact) mass is 319 g/mol. The molecular weight excluding hydrogens is 306 g/mol. The number of amides is 1. The van der Waals surface area contributed by atoms with Gasteiger partial charge in [0, 0.05) is 4.47 Å². The fraction of sp³-hybridized carbons (Fsp3) is 0.133. The quantitative estimate of drug-likeness (QED) is 0.938. The molecular formula is C15H14BrNO2. The molecule has 19 heavy (non-hydrogen) atoms. The zero-order valence-corrected chi connectivity index (χ0v) is 12.1. The standard InChI is InChI=1S/C15H14BrNO2/c1-10-4-2-3-5-11(10)9-19-14-7-6-12(16)8-13(14)15(17)18/h2-8H,9H2,1H3,(H2,17,18). The van der Waals surface area contributed by atoms with Crippen LogP contribution >= 0.6 is 15.9 Å². The Hall–Kier alpha value is -1.81. The highest BCUT2D eigenvalue weighted by Gasteiger charge is 2.10. The van der Waals surface area contributed by atoms with Crippen LogP contribution in [0.2, 0.25) is 0 Å². The number of carbonyl (C=O) groups is 1. The first-order chi connectivity index (χ1) is 9.08. The fourth-order valence-corrected chi connectivity index (χ4v) is 2.11. The van der Waals surface area contributed by atoms with Gasteiger partial charge in [-0.25, -0.2) is 0 Å². The van der Waals surface area contributed by atoms with Crippen LogP contribution in [0, 0.1) is 6.92 Å². The van der Waals surface area contributed by atoms with E-state index in [4.69, 9.17) is 10.5 Å². The molecule has 4 heteroatoms. The molecule has 2 N–H and O–H groups in total. The summed E-state index contributed by atoms with van der Waals surface area (Å²) in [6.07, 6.45) is 0. The Balaban J connectivity index is 2.20. The highest BCUT2D eigenvalue weighted by molar-refractivity contribution is 9.10. The highest BCUT2D eigenvalue weighted by atomic mass is 79.9. The molecule has 0 atom stereocenters. The lowest BCUT2D eigenvalue weighted by atomic mass is 10.1. The molecule has 0 saturated carbocycles. The number of halogens is 1. The van der Waals surface area contributed by atoms with Crippen molar-refractivity contribution < 1.29 is 9.53 Å². The van der Waals surface area contributed by atoms with E-state index < -0.39 is 5.91 Å². The van der Waals surface area contributed by atoms with Gasteiger partial charge in [0.15, 0.2) is 0 Å². The molecule has 0 aliphatic carbocycles. The van der Waals surface area contributed by atoms with Gasteiger partial charge in [0.25, 0.3) is 5.91 Å². The van der Waals surface area contributed by atoms with Crippen LogP contribution in [0.15, 0.2) is 46.9 Å². The molecule has 0 saturated heterocycles. The van der Waals surface area contributed by atoms with Crippen molar-refractivity contribution in [2.75, 3.05) is 0 Å². The largest absolute Gasteiger partial charge is 0.488 e. The molecule has 0 aliphatic heterocycles. The highest BCUT2D eigenvalue weighted by Crippen LogP contribution is 2.24. The summed E-state index contributed by atoms with van der Waals surface area (Å²) in [7, 11) is 0. The predicted molar refractivity (Wildman–Crippen MR) is 78.2 cm³/mol. The summed E-state index contributed by atoms with van der Waals surface area (Å²) in [6.45, 7) is 2.43. The van der Waals surface area contributed by atoms with Crippen LogP contribution in [-0.4, -0.2) is 5.91 Å². The van der Waals surface area contributed by atoms with E-state index in [1.165, 1.54) is 0 Å². The predicted octanol–water partition coefficient (Wildman–Crippen LogP) is 3.44. The maximum Gasteiger partial charge on any atom is 0.252 e. The minimum absolute atomic E-state index is 0.378. The lowest BCUT2D eigenvalue weighted by Crippen LogP contribution is -2.13. The van der Waals surface area contributed by atoms with E-state index in [9.17, 15) is 4.79 Å². The number of benzene rings is 2. The molecule has 2 aromatic carbocycles. The average Bonchev–Trinajstić information content (AvgIpc) is 2.38. The minimum Gasteiger partial charge on any atom is -0.488 e. The molecule has 98 valence electrons. The third-order valence-corrected chi connectivity index (χ3v) is 3.34. The van der Waals surface area contributed by atoms with Crippen molar-refractivity contribution in [1.82, 2.24) is 0 Å². The Labute approximate surface area is 120 Å². The van der Waals surface area contributed by atoms with Gasteiger partial charge in [0.1, 0.15) is 12.4 Å². The van der Waals surface area contributed by atoms with E-state index in [2.05, 4.69) is 15.9 Å². The van der Waals surface area contributed by atoms with Crippen molar-refractivity contribution >= 4 is 21.8 Å². The minimum atomic E-state index is -0.499. The zero-order chi connectivity index (χ0) is 13.8. The molecule has 0 heterocycles. The van der Waals surface area contributed by atoms with Crippen LogP contribution in [-0.2, 0) is 6.61 Å². The summed E-state index contributed by atoms with van der Waals surface area (Å²) in [4.78, 5) is 11.4. The smallest absolute Gasteiger partial charge is 0.252 e. The number of nitrogens with two attached hydrogens (primary N) is 1. The van der Waals surface area contributed by atoms with E-state index in [1.54, 1.807) is 12.1 Å². The molecule has 0 fully saturated rings. The van der Waals surface area contributed by atoms with Gasteiger partial charge in [0.05, 0.1) is 5.56 Å². The van der Waals surface area contributed by atoms with Gasteiger partial charge in [-0.15, -0.1) is 0 Å². The molecule has 1 amide bonds. The number of primary amides is 1. The Bertz CT molecular complexity index is 611. The van der Waals surface area contributed by atoms with Gasteiger partial charge < -0.3 is 10.5 Å². The van der Waals surface area contributed by atoms with Gasteiger partial charge in [-0.3, -0.25) is 4.79 Å². The summed E-state index contributed by atoms with van der Waals surface area (Å²) in [5.41, 5.74) is 7.96. The van der Waals surface area contributed by atoms with Crippen LogP contribution in [0.25, 0.3) is 0 Å². The van der Waals surface area contributed by atoms with Crippen molar-refractivity contribution in [3.63, 3.8) is 0 Å². The normalized spacial score (nSPS) is 10.2. The lowest BCUT2D eigenvalue weighted by molar-refractivity contribution is 0.0996. The Morgan fingerprint density at radius 2 is 2.00 bits per heavy atom. The van der Waals surface area contributed by atoms with E-state index in [1.807, 2.05) is 37.3 Å². The number of aryl methyl sites for hydroxylation is 1. The fourth-order valence-electron chi connectivity index (χ4n) is 1.75. The molecule has 0 aliphatic rings. The second-order valence-corrected chi connectivity index (χ2v) is 5.14. The average molecular weight is 320 g/mol. The second-order valence-electron chi connectivity index (χ2n) is 4.22. The van der Waals surface area contributed by atoms with Crippen LogP contribution in [0.4, 0.5) is 0 Å². The second kappa shape index (κ2) is 5.89. The maximum absolute atomic E-state index is 11.4. The Morgan fingerprint density at radius 1 is 1.26 bits per heavy atom. The third kappa shape index (κ3) is 3.35. The summed E-state index contributed by atoms with van der Waals surface area (Å²) < 4.78 is 6.49. The lowest BCUT2D eigenvalue weighted by Gasteiger charge is -2.11. The summed E-state index contributed by atoms with van der Waals surface area (Å²) in [5.74, 6) is 0.0000340. The van der Waals surface area contributed by atoms with Gasteiger partial charge >= 0.3 is 0 Å². The van der Waals surface area contributed by atoms with Gasteiger partial charge in [-0.1, -0.05) is 40.2 Å². The first-order valence-electron chi connectivity index (χ1n) is 5.84. The van der Waals surface area contributed by atoms with Crippen molar-refractivity contribution in [2.24, 2.45) is 5.73 Å². The maximum atomic E-state index is 11.4. The number of carbonyl (C=O) groups excluding carboxylic acids is 1. The van der Waals surface area contributed by atoms with Gasteiger partial charge in [0.2, 0.25) is 0 Å². The zero-order valence-electron chi connectivity index (χ0n) is 10.5. The molecule has 2 rings (SSSR count). The molecule has 0 unspecified atom stereocenters. The number of hydrogen-bond acceptors (Lipinski definition) is 2. The van der Waals surface area contributed by atoms with Crippen molar-refractivity contribution in [2.45, 2.75) is 13.5 Å². The molecule has 0 radical (unpaired) electrons. The summed E-state index contributed by atoms with van der Waals surface area (Å²) in [5, 5.41) is 0. The molecule has 2 aromatic rings. The van der Waals surface area contributed by atoms with Crippen molar-refractivity contribution in [1.29, 1.82) is 0 Å². The molecule has 0 spiro atoms. The first-order valence-corrected chi connectivity index (χ1v) is 6.64. The van der Waals surface area contributed by atoms with E-state index in [0.717, 1.165) is 15.6 Å². The third-order valence-electron chi connectivity index (χ3n) is 2.85. The van der Waals surface area contributed by atoms with E-state index >= 15 is 0 Å². The number of hydrogen-bond donors (Lipinski definition) is 1. The number of rotatable bonds is 4.